The highest BCUT2D eigenvalue weighted by Gasteiger charge is 2.41. The van der Waals surface area contributed by atoms with Gasteiger partial charge in [-0.3, -0.25) is 0 Å². The Kier molecular flexibility index (Phi) is 4.54. The van der Waals surface area contributed by atoms with Crippen molar-refractivity contribution in [3.8, 4) is 0 Å². The minimum Gasteiger partial charge on any atom is -0.0622 e. The molecule has 28 heavy (non-hydrogen) atoms. The Balaban J connectivity index is 1.68. The molecule has 0 saturated carbocycles. The Morgan fingerprint density at radius 2 is 0.964 bits per heavy atom. The van der Waals surface area contributed by atoms with Crippen LogP contribution in [0, 0.1) is 0 Å². The van der Waals surface area contributed by atoms with Gasteiger partial charge in [-0.25, -0.2) is 0 Å². The molecule has 0 bridgehead atoms. The number of rotatable bonds is 4. The first-order valence-electron chi connectivity index (χ1n) is 10.1. The Hall–Kier alpha value is -3.12. The Bertz CT molecular complexity index is 1030. The molecular formula is C28H24. The second-order valence-corrected chi connectivity index (χ2v) is 7.75. The van der Waals surface area contributed by atoms with Gasteiger partial charge in [-0.05, 0) is 40.2 Å². The Morgan fingerprint density at radius 3 is 1.61 bits per heavy atom. The van der Waals surface area contributed by atoms with Gasteiger partial charge in [0.1, 0.15) is 0 Å². The average Bonchev–Trinajstić information content (AvgIpc) is 3.10. The predicted molar refractivity (Wildman–Crippen MR) is 117 cm³/mol. The van der Waals surface area contributed by atoms with Gasteiger partial charge < -0.3 is 0 Å². The first-order valence-corrected chi connectivity index (χ1v) is 10.1. The molecule has 0 radical (unpaired) electrons. The highest BCUT2D eigenvalue weighted by atomic mass is 14.4. The van der Waals surface area contributed by atoms with E-state index in [1.165, 1.54) is 27.8 Å². The number of hydrogen-bond donors (Lipinski definition) is 0. The maximum atomic E-state index is 2.35. The third kappa shape index (κ3) is 3.05. The molecule has 0 N–H and O–H groups in total. The maximum Gasteiger partial charge on any atom is 0.0167 e. The van der Waals surface area contributed by atoms with Gasteiger partial charge in [0, 0.05) is 11.8 Å². The fourth-order valence-electron chi connectivity index (χ4n) is 5.00. The summed E-state index contributed by atoms with van der Waals surface area (Å²) in [7, 11) is 0. The summed E-state index contributed by atoms with van der Waals surface area (Å²) < 4.78 is 0. The van der Waals surface area contributed by atoms with E-state index in [-0.39, 0.29) is 0 Å². The minimum atomic E-state index is 0.397. The van der Waals surface area contributed by atoms with E-state index >= 15 is 0 Å². The van der Waals surface area contributed by atoms with Gasteiger partial charge in [0.15, 0.2) is 0 Å². The van der Waals surface area contributed by atoms with E-state index < -0.39 is 0 Å². The molecule has 136 valence electrons. The molecule has 0 amide bonds. The van der Waals surface area contributed by atoms with Crippen molar-refractivity contribution in [3.63, 3.8) is 0 Å². The molecule has 0 saturated heterocycles. The molecule has 0 nitrogen and oxygen atoms in total. The maximum absolute atomic E-state index is 2.35. The minimum absolute atomic E-state index is 0.397. The van der Waals surface area contributed by atoms with E-state index in [2.05, 4.69) is 115 Å². The van der Waals surface area contributed by atoms with Crippen LogP contribution in [0.5, 0.6) is 0 Å². The SMILES string of the molecule is c1ccc(CC2c3ccccc3C(c3ccccc3)C2c2ccccc2)cc1. The van der Waals surface area contributed by atoms with Gasteiger partial charge >= 0.3 is 0 Å². The fourth-order valence-corrected chi connectivity index (χ4v) is 5.00. The molecule has 3 atom stereocenters. The molecule has 3 unspecified atom stereocenters. The van der Waals surface area contributed by atoms with Crippen LogP contribution in [-0.4, -0.2) is 0 Å². The number of benzene rings is 4. The van der Waals surface area contributed by atoms with Gasteiger partial charge in [-0.1, -0.05) is 115 Å². The van der Waals surface area contributed by atoms with Crippen LogP contribution < -0.4 is 0 Å². The summed E-state index contributed by atoms with van der Waals surface area (Å²) in [5.41, 5.74) is 7.27. The van der Waals surface area contributed by atoms with Crippen molar-refractivity contribution in [2.75, 3.05) is 0 Å². The van der Waals surface area contributed by atoms with E-state index in [1.54, 1.807) is 0 Å². The zero-order chi connectivity index (χ0) is 18.8. The highest BCUT2D eigenvalue weighted by molar-refractivity contribution is 5.51. The van der Waals surface area contributed by atoms with Crippen LogP contribution >= 0.6 is 0 Å². The molecule has 0 aromatic heterocycles. The standard InChI is InChI=1S/C28H24/c1-4-12-21(13-5-1)20-26-24-18-10-11-19-25(24)27(22-14-6-2-7-15-22)28(26)23-16-8-3-9-17-23/h1-19,26-28H,20H2. The molecule has 0 fully saturated rings. The molecule has 1 aliphatic carbocycles. The molecule has 4 aromatic carbocycles. The second-order valence-electron chi connectivity index (χ2n) is 7.75. The van der Waals surface area contributed by atoms with Crippen LogP contribution in [0.2, 0.25) is 0 Å². The normalized spacial score (nSPS) is 20.6. The molecule has 4 aromatic rings. The first-order chi connectivity index (χ1) is 13.9. The van der Waals surface area contributed by atoms with E-state index in [4.69, 9.17) is 0 Å². The predicted octanol–water partition coefficient (Wildman–Crippen LogP) is 6.94. The molecule has 5 rings (SSSR count). The van der Waals surface area contributed by atoms with E-state index in [0.29, 0.717) is 17.8 Å². The summed E-state index contributed by atoms with van der Waals surface area (Å²) in [5.74, 6) is 1.32. The van der Waals surface area contributed by atoms with Gasteiger partial charge in [-0.15, -0.1) is 0 Å². The monoisotopic (exact) mass is 360 g/mol. The Morgan fingerprint density at radius 1 is 0.464 bits per heavy atom. The largest absolute Gasteiger partial charge is 0.0622 e. The van der Waals surface area contributed by atoms with Gasteiger partial charge in [0.05, 0.1) is 0 Å². The van der Waals surface area contributed by atoms with Crippen molar-refractivity contribution in [3.05, 3.63) is 143 Å². The zero-order valence-corrected chi connectivity index (χ0v) is 15.9. The van der Waals surface area contributed by atoms with Crippen molar-refractivity contribution >= 4 is 0 Å². The van der Waals surface area contributed by atoms with Crippen molar-refractivity contribution in [2.45, 2.75) is 24.2 Å². The number of fused-ring (bicyclic) bond motifs is 1. The lowest BCUT2D eigenvalue weighted by Gasteiger charge is -2.27. The summed E-state index contributed by atoms with van der Waals surface area (Å²) in [6.45, 7) is 0. The topological polar surface area (TPSA) is 0 Å². The summed E-state index contributed by atoms with van der Waals surface area (Å²) in [6, 6.07) is 42.2. The van der Waals surface area contributed by atoms with Crippen molar-refractivity contribution in [1.29, 1.82) is 0 Å². The smallest absolute Gasteiger partial charge is 0.0167 e. The zero-order valence-electron chi connectivity index (χ0n) is 15.9. The third-order valence-electron chi connectivity index (χ3n) is 6.16. The molecule has 0 aliphatic heterocycles. The van der Waals surface area contributed by atoms with Gasteiger partial charge in [-0.2, -0.15) is 0 Å². The molecular weight excluding hydrogens is 336 g/mol. The number of hydrogen-bond acceptors (Lipinski definition) is 0. The second kappa shape index (κ2) is 7.48. The summed E-state index contributed by atoms with van der Waals surface area (Å²) in [5, 5.41) is 0. The molecule has 0 heterocycles. The van der Waals surface area contributed by atoms with Crippen molar-refractivity contribution < 1.29 is 0 Å². The average molecular weight is 361 g/mol. The van der Waals surface area contributed by atoms with Crippen LogP contribution in [0.15, 0.2) is 115 Å². The highest BCUT2D eigenvalue weighted by Crippen LogP contribution is 2.55. The lowest BCUT2D eigenvalue weighted by Crippen LogP contribution is -2.14. The molecule has 0 heteroatoms. The van der Waals surface area contributed by atoms with E-state index in [9.17, 15) is 0 Å². The van der Waals surface area contributed by atoms with E-state index in [1.807, 2.05) is 0 Å². The Labute approximate surface area is 167 Å². The van der Waals surface area contributed by atoms with Crippen LogP contribution in [-0.2, 0) is 6.42 Å². The van der Waals surface area contributed by atoms with E-state index in [0.717, 1.165) is 6.42 Å². The van der Waals surface area contributed by atoms with Crippen LogP contribution in [0.25, 0.3) is 0 Å². The molecule has 1 aliphatic rings. The van der Waals surface area contributed by atoms with Gasteiger partial charge in [0.25, 0.3) is 0 Å². The van der Waals surface area contributed by atoms with Crippen LogP contribution in [0.3, 0.4) is 0 Å². The van der Waals surface area contributed by atoms with Crippen molar-refractivity contribution in [1.82, 2.24) is 0 Å². The van der Waals surface area contributed by atoms with Crippen LogP contribution in [0.4, 0.5) is 0 Å². The quantitative estimate of drug-likeness (QED) is 0.370. The molecule has 0 spiro atoms. The summed E-state index contributed by atoms with van der Waals surface area (Å²) in [4.78, 5) is 0. The fraction of sp³-hybridized carbons (Fsp3) is 0.143. The first kappa shape index (κ1) is 17.0. The van der Waals surface area contributed by atoms with Gasteiger partial charge in [0.2, 0.25) is 0 Å². The lowest BCUT2D eigenvalue weighted by molar-refractivity contribution is 0.537. The van der Waals surface area contributed by atoms with Crippen LogP contribution in [0.1, 0.15) is 45.6 Å². The van der Waals surface area contributed by atoms with Crippen molar-refractivity contribution in [2.24, 2.45) is 0 Å². The summed E-state index contributed by atoms with van der Waals surface area (Å²) in [6.07, 6.45) is 1.07. The third-order valence-corrected chi connectivity index (χ3v) is 6.16. The lowest BCUT2D eigenvalue weighted by atomic mass is 9.76. The summed E-state index contributed by atoms with van der Waals surface area (Å²) >= 11 is 0.